The standard InChI is InChI=1S/C9H8BrN3O2/c1-13-8-6(3-5(10)4-11-8)7(12-13)9(14)15-2/h3-4H,1-2H3. The maximum Gasteiger partial charge on any atom is 0.359 e. The molecule has 2 aromatic heterocycles. The van der Waals surface area contributed by atoms with Gasteiger partial charge in [0, 0.05) is 17.7 Å². The van der Waals surface area contributed by atoms with E-state index in [-0.39, 0.29) is 5.69 Å². The van der Waals surface area contributed by atoms with Crippen LogP contribution in [0.4, 0.5) is 0 Å². The zero-order valence-electron chi connectivity index (χ0n) is 8.19. The Balaban J connectivity index is 2.75. The van der Waals surface area contributed by atoms with E-state index >= 15 is 0 Å². The quantitative estimate of drug-likeness (QED) is 0.737. The predicted molar refractivity (Wildman–Crippen MR) is 57.5 cm³/mol. The van der Waals surface area contributed by atoms with Gasteiger partial charge < -0.3 is 4.74 Å². The lowest BCUT2D eigenvalue weighted by molar-refractivity contribution is 0.0595. The van der Waals surface area contributed by atoms with Crippen LogP contribution in [-0.4, -0.2) is 27.8 Å². The van der Waals surface area contributed by atoms with Crippen molar-refractivity contribution in [1.29, 1.82) is 0 Å². The summed E-state index contributed by atoms with van der Waals surface area (Å²) in [4.78, 5) is 15.6. The minimum atomic E-state index is -0.458. The molecule has 2 rings (SSSR count). The second kappa shape index (κ2) is 3.62. The van der Waals surface area contributed by atoms with E-state index < -0.39 is 5.97 Å². The smallest absolute Gasteiger partial charge is 0.359 e. The third-order valence-corrected chi connectivity index (χ3v) is 2.46. The van der Waals surface area contributed by atoms with Gasteiger partial charge in [-0.15, -0.1) is 0 Å². The number of esters is 1. The Morgan fingerprint density at radius 1 is 1.60 bits per heavy atom. The Labute approximate surface area is 94.2 Å². The van der Waals surface area contributed by atoms with E-state index in [0.29, 0.717) is 11.0 Å². The second-order valence-electron chi connectivity index (χ2n) is 2.99. The van der Waals surface area contributed by atoms with Gasteiger partial charge >= 0.3 is 5.97 Å². The fourth-order valence-corrected chi connectivity index (χ4v) is 1.69. The lowest BCUT2D eigenvalue weighted by Gasteiger charge is -1.94. The lowest BCUT2D eigenvalue weighted by Crippen LogP contribution is -2.03. The molecule has 0 spiro atoms. The SMILES string of the molecule is COC(=O)c1nn(C)c2ncc(Br)cc12. The summed E-state index contributed by atoms with van der Waals surface area (Å²) in [5.41, 5.74) is 0.933. The third kappa shape index (κ3) is 1.61. The number of hydrogen-bond donors (Lipinski definition) is 0. The van der Waals surface area contributed by atoms with Crippen LogP contribution in [0.5, 0.6) is 0 Å². The molecule has 0 aliphatic carbocycles. The molecule has 0 atom stereocenters. The van der Waals surface area contributed by atoms with Gasteiger partial charge in [0.1, 0.15) is 0 Å². The van der Waals surface area contributed by atoms with E-state index in [2.05, 4.69) is 30.7 Å². The number of ether oxygens (including phenoxy) is 1. The monoisotopic (exact) mass is 269 g/mol. The molecule has 0 bridgehead atoms. The van der Waals surface area contributed by atoms with Gasteiger partial charge in [0.05, 0.1) is 12.5 Å². The van der Waals surface area contributed by atoms with Crippen LogP contribution in [0.3, 0.4) is 0 Å². The number of methoxy groups -OCH3 is 1. The van der Waals surface area contributed by atoms with Crippen LogP contribution >= 0.6 is 15.9 Å². The van der Waals surface area contributed by atoms with Crippen LogP contribution in [0.25, 0.3) is 11.0 Å². The average Bonchev–Trinajstić information content (AvgIpc) is 2.54. The van der Waals surface area contributed by atoms with Crippen molar-refractivity contribution in [2.75, 3.05) is 7.11 Å². The number of pyridine rings is 1. The third-order valence-electron chi connectivity index (χ3n) is 2.02. The average molecular weight is 270 g/mol. The molecule has 0 fully saturated rings. The number of hydrogen-bond acceptors (Lipinski definition) is 4. The maximum atomic E-state index is 11.4. The van der Waals surface area contributed by atoms with Crippen molar-refractivity contribution in [3.05, 3.63) is 22.4 Å². The van der Waals surface area contributed by atoms with E-state index in [1.165, 1.54) is 7.11 Å². The molecule has 0 aromatic carbocycles. The van der Waals surface area contributed by atoms with Gasteiger partial charge in [0.2, 0.25) is 0 Å². The number of carbonyl (C=O) groups is 1. The van der Waals surface area contributed by atoms with Crippen molar-refractivity contribution < 1.29 is 9.53 Å². The van der Waals surface area contributed by atoms with Crippen LogP contribution in [0.2, 0.25) is 0 Å². The van der Waals surface area contributed by atoms with E-state index in [1.807, 2.05) is 0 Å². The molecule has 0 aliphatic rings. The number of nitrogens with zero attached hydrogens (tertiary/aromatic N) is 3. The molecule has 0 amide bonds. The van der Waals surface area contributed by atoms with E-state index in [0.717, 1.165) is 4.47 Å². The molecule has 0 unspecified atom stereocenters. The molecule has 0 radical (unpaired) electrons. The molecule has 2 heterocycles. The first kappa shape index (κ1) is 10.1. The summed E-state index contributed by atoms with van der Waals surface area (Å²) in [6, 6.07) is 1.79. The molecule has 0 N–H and O–H groups in total. The van der Waals surface area contributed by atoms with Crippen molar-refractivity contribution >= 4 is 32.9 Å². The number of rotatable bonds is 1. The number of fused-ring (bicyclic) bond motifs is 1. The van der Waals surface area contributed by atoms with Gasteiger partial charge in [0.25, 0.3) is 0 Å². The highest BCUT2D eigenvalue weighted by Gasteiger charge is 2.17. The number of halogens is 1. The summed E-state index contributed by atoms with van der Waals surface area (Å²) in [6.07, 6.45) is 1.66. The summed E-state index contributed by atoms with van der Waals surface area (Å²) in [5, 5.41) is 4.74. The fourth-order valence-electron chi connectivity index (χ4n) is 1.36. The van der Waals surface area contributed by atoms with Crippen molar-refractivity contribution in [3.63, 3.8) is 0 Å². The van der Waals surface area contributed by atoms with Gasteiger partial charge in [-0.25, -0.2) is 14.5 Å². The summed E-state index contributed by atoms with van der Waals surface area (Å²) in [7, 11) is 3.06. The Morgan fingerprint density at radius 2 is 2.33 bits per heavy atom. The maximum absolute atomic E-state index is 11.4. The lowest BCUT2D eigenvalue weighted by atomic mass is 10.3. The second-order valence-corrected chi connectivity index (χ2v) is 3.90. The Kier molecular flexibility index (Phi) is 2.44. The Morgan fingerprint density at radius 3 is 3.00 bits per heavy atom. The molecule has 0 saturated carbocycles. The fraction of sp³-hybridized carbons (Fsp3) is 0.222. The van der Waals surface area contributed by atoms with Crippen LogP contribution in [-0.2, 0) is 11.8 Å². The zero-order chi connectivity index (χ0) is 11.0. The first-order chi connectivity index (χ1) is 7.13. The zero-order valence-corrected chi connectivity index (χ0v) is 9.78. The van der Waals surface area contributed by atoms with Crippen LogP contribution in [0.15, 0.2) is 16.7 Å². The van der Waals surface area contributed by atoms with Gasteiger partial charge in [-0.3, -0.25) is 0 Å². The van der Waals surface area contributed by atoms with Gasteiger partial charge in [-0.05, 0) is 22.0 Å². The molecule has 6 heteroatoms. The number of carbonyl (C=O) groups excluding carboxylic acids is 1. The summed E-state index contributed by atoms with van der Waals surface area (Å²) in [6.45, 7) is 0. The molecule has 2 aromatic rings. The van der Waals surface area contributed by atoms with Crippen molar-refractivity contribution in [2.45, 2.75) is 0 Å². The molecule has 0 aliphatic heterocycles. The van der Waals surface area contributed by atoms with Crippen LogP contribution < -0.4 is 0 Å². The van der Waals surface area contributed by atoms with Crippen LogP contribution in [0, 0.1) is 0 Å². The molecule has 0 saturated heterocycles. The predicted octanol–water partition coefficient (Wildman–Crippen LogP) is 1.52. The highest BCUT2D eigenvalue weighted by molar-refractivity contribution is 9.10. The van der Waals surface area contributed by atoms with Gasteiger partial charge in [-0.1, -0.05) is 0 Å². The van der Waals surface area contributed by atoms with Crippen molar-refractivity contribution in [1.82, 2.24) is 14.8 Å². The Bertz CT molecular complexity index is 535. The summed E-state index contributed by atoms with van der Waals surface area (Å²) >= 11 is 3.30. The molecule has 78 valence electrons. The molecular formula is C9H8BrN3O2. The summed E-state index contributed by atoms with van der Waals surface area (Å²) in [5.74, 6) is -0.458. The van der Waals surface area contributed by atoms with E-state index in [1.54, 1.807) is 24.0 Å². The molecule has 15 heavy (non-hydrogen) atoms. The van der Waals surface area contributed by atoms with Gasteiger partial charge in [0.15, 0.2) is 11.3 Å². The first-order valence-electron chi connectivity index (χ1n) is 4.20. The van der Waals surface area contributed by atoms with E-state index in [9.17, 15) is 4.79 Å². The minimum absolute atomic E-state index is 0.281. The normalized spacial score (nSPS) is 10.6. The molecular weight excluding hydrogens is 262 g/mol. The van der Waals surface area contributed by atoms with Gasteiger partial charge in [-0.2, -0.15) is 5.10 Å². The highest BCUT2D eigenvalue weighted by atomic mass is 79.9. The first-order valence-corrected chi connectivity index (χ1v) is 4.99. The van der Waals surface area contributed by atoms with Crippen molar-refractivity contribution in [2.24, 2.45) is 7.05 Å². The Hall–Kier alpha value is -1.43. The van der Waals surface area contributed by atoms with E-state index in [4.69, 9.17) is 0 Å². The van der Waals surface area contributed by atoms with Crippen LogP contribution in [0.1, 0.15) is 10.5 Å². The number of aryl methyl sites for hydroxylation is 1. The summed E-state index contributed by atoms with van der Waals surface area (Å²) < 4.78 is 6.99. The number of aromatic nitrogens is 3. The minimum Gasteiger partial charge on any atom is -0.464 e. The largest absolute Gasteiger partial charge is 0.464 e. The topological polar surface area (TPSA) is 57.0 Å². The molecule has 5 nitrogen and oxygen atoms in total. The van der Waals surface area contributed by atoms with Crippen molar-refractivity contribution in [3.8, 4) is 0 Å². The highest BCUT2D eigenvalue weighted by Crippen LogP contribution is 2.20.